The molecule has 1 amide bonds. The fourth-order valence-corrected chi connectivity index (χ4v) is 2.14. The molecular weight excluding hydrogens is 291 g/mol. The van der Waals surface area contributed by atoms with Gasteiger partial charge in [-0.25, -0.2) is 8.96 Å². The number of aromatic nitrogens is 1. The van der Waals surface area contributed by atoms with Gasteiger partial charge in [-0.3, -0.25) is 4.79 Å². The molecule has 0 spiro atoms. The van der Waals surface area contributed by atoms with Crippen LogP contribution in [-0.4, -0.2) is 5.91 Å². The zero-order valence-electron chi connectivity index (χ0n) is 11.6. The number of carbonyl (C=O) groups excluding carboxylic acids is 1. The maximum absolute atomic E-state index is 13.0. The lowest BCUT2D eigenvalue weighted by Crippen LogP contribution is -2.32. The fourth-order valence-electron chi connectivity index (χ4n) is 1.96. The van der Waals surface area contributed by atoms with Crippen LogP contribution in [0.4, 0.5) is 10.1 Å². The first-order valence-corrected chi connectivity index (χ1v) is 7.22. The SMILES string of the molecule is O=C(CCCC[n+]1ccccc1)Nc1ccc(F)c(Cl)c1. The Bertz CT molecular complexity index is 604. The van der Waals surface area contributed by atoms with Crippen LogP contribution in [0.1, 0.15) is 19.3 Å². The van der Waals surface area contributed by atoms with Crippen LogP contribution in [0.15, 0.2) is 48.8 Å². The highest BCUT2D eigenvalue weighted by molar-refractivity contribution is 6.31. The normalized spacial score (nSPS) is 10.4. The van der Waals surface area contributed by atoms with Crippen LogP contribution >= 0.6 is 11.6 Å². The summed E-state index contributed by atoms with van der Waals surface area (Å²) in [6, 6.07) is 10.1. The van der Waals surface area contributed by atoms with E-state index in [1.54, 1.807) is 0 Å². The van der Waals surface area contributed by atoms with Crippen LogP contribution in [0.25, 0.3) is 0 Å². The highest BCUT2D eigenvalue weighted by atomic mass is 35.5. The van der Waals surface area contributed by atoms with Crippen LogP contribution in [0.2, 0.25) is 5.02 Å². The number of hydrogen-bond donors (Lipinski definition) is 1. The molecule has 0 fully saturated rings. The average Bonchev–Trinajstić information content (AvgIpc) is 2.49. The summed E-state index contributed by atoms with van der Waals surface area (Å²) < 4.78 is 15.1. The lowest BCUT2D eigenvalue weighted by molar-refractivity contribution is -0.697. The zero-order valence-corrected chi connectivity index (χ0v) is 12.3. The van der Waals surface area contributed by atoms with Crippen molar-refractivity contribution in [2.45, 2.75) is 25.8 Å². The molecule has 0 aliphatic carbocycles. The highest BCUT2D eigenvalue weighted by Crippen LogP contribution is 2.19. The Morgan fingerprint density at radius 1 is 1.19 bits per heavy atom. The maximum atomic E-state index is 13.0. The lowest BCUT2D eigenvalue weighted by atomic mass is 10.2. The third-order valence-corrected chi connectivity index (χ3v) is 3.34. The van der Waals surface area contributed by atoms with Crippen LogP contribution in [0.3, 0.4) is 0 Å². The van der Waals surface area contributed by atoms with Gasteiger partial charge in [-0.15, -0.1) is 0 Å². The number of nitrogens with one attached hydrogen (secondary N) is 1. The predicted octanol–water partition coefficient (Wildman–Crippen LogP) is 3.58. The molecule has 21 heavy (non-hydrogen) atoms. The predicted molar refractivity (Wildman–Crippen MR) is 80.5 cm³/mol. The number of unbranched alkanes of at least 4 members (excludes halogenated alkanes) is 1. The first kappa shape index (κ1) is 15.4. The van der Waals surface area contributed by atoms with Gasteiger partial charge in [-0.05, 0) is 24.6 Å². The third-order valence-electron chi connectivity index (χ3n) is 3.05. The third kappa shape index (κ3) is 5.16. The van der Waals surface area contributed by atoms with Gasteiger partial charge >= 0.3 is 0 Å². The number of aryl methyl sites for hydroxylation is 1. The van der Waals surface area contributed by atoms with Gasteiger partial charge in [0, 0.05) is 30.7 Å². The lowest BCUT2D eigenvalue weighted by Gasteiger charge is -2.05. The van der Waals surface area contributed by atoms with Gasteiger partial charge in [-0.1, -0.05) is 17.7 Å². The Morgan fingerprint density at radius 2 is 1.95 bits per heavy atom. The topological polar surface area (TPSA) is 33.0 Å². The molecule has 0 radical (unpaired) electrons. The van der Waals surface area contributed by atoms with E-state index in [-0.39, 0.29) is 10.9 Å². The Labute approximate surface area is 128 Å². The number of carbonyl (C=O) groups is 1. The molecule has 1 N–H and O–H groups in total. The van der Waals surface area contributed by atoms with Crippen molar-refractivity contribution in [2.24, 2.45) is 0 Å². The minimum Gasteiger partial charge on any atom is -0.326 e. The first-order chi connectivity index (χ1) is 10.1. The molecule has 1 heterocycles. The summed E-state index contributed by atoms with van der Waals surface area (Å²) in [5, 5.41) is 2.72. The summed E-state index contributed by atoms with van der Waals surface area (Å²) in [5.41, 5.74) is 0.517. The van der Waals surface area contributed by atoms with Gasteiger partial charge in [0.2, 0.25) is 5.91 Å². The molecule has 0 saturated carbocycles. The van der Waals surface area contributed by atoms with Crippen LogP contribution in [0, 0.1) is 5.82 Å². The van der Waals surface area contributed by atoms with Crippen molar-refractivity contribution in [3.8, 4) is 0 Å². The van der Waals surface area contributed by atoms with Gasteiger partial charge in [0.05, 0.1) is 5.02 Å². The van der Waals surface area contributed by atoms with Crippen LogP contribution in [-0.2, 0) is 11.3 Å². The molecule has 2 aromatic rings. The van der Waals surface area contributed by atoms with Crippen molar-refractivity contribution < 1.29 is 13.8 Å². The quantitative estimate of drug-likeness (QED) is 0.642. The van der Waals surface area contributed by atoms with E-state index in [2.05, 4.69) is 9.88 Å². The molecule has 3 nitrogen and oxygen atoms in total. The van der Waals surface area contributed by atoms with E-state index >= 15 is 0 Å². The van der Waals surface area contributed by atoms with Crippen molar-refractivity contribution in [3.63, 3.8) is 0 Å². The molecule has 0 saturated heterocycles. The standard InChI is InChI=1S/C16H16ClFN2O/c17-14-12-13(7-8-15(14)18)19-16(21)6-2-5-11-20-9-3-1-4-10-20/h1,3-4,7-10,12H,2,5-6,11H2/p+1. The average molecular weight is 308 g/mol. The number of amides is 1. The minimum absolute atomic E-state index is 0.00766. The largest absolute Gasteiger partial charge is 0.326 e. The summed E-state index contributed by atoms with van der Waals surface area (Å²) in [4.78, 5) is 11.8. The van der Waals surface area contributed by atoms with E-state index in [0.29, 0.717) is 12.1 Å². The van der Waals surface area contributed by atoms with Crippen molar-refractivity contribution in [3.05, 3.63) is 59.6 Å². The van der Waals surface area contributed by atoms with Crippen molar-refractivity contribution in [2.75, 3.05) is 5.32 Å². The van der Waals surface area contributed by atoms with E-state index in [9.17, 15) is 9.18 Å². The molecule has 5 heteroatoms. The van der Waals surface area contributed by atoms with Crippen molar-refractivity contribution in [1.29, 1.82) is 0 Å². The first-order valence-electron chi connectivity index (χ1n) is 6.84. The van der Waals surface area contributed by atoms with Crippen molar-refractivity contribution >= 4 is 23.2 Å². The van der Waals surface area contributed by atoms with Gasteiger partial charge in [0.25, 0.3) is 0 Å². The van der Waals surface area contributed by atoms with E-state index in [1.807, 2.05) is 30.6 Å². The Kier molecular flexibility index (Phi) is 5.69. The number of nitrogens with zero attached hydrogens (tertiary/aromatic N) is 1. The summed E-state index contributed by atoms with van der Waals surface area (Å²) in [7, 11) is 0. The van der Waals surface area contributed by atoms with Gasteiger partial charge in [0.1, 0.15) is 12.4 Å². The second-order valence-electron chi connectivity index (χ2n) is 4.75. The molecule has 0 bridgehead atoms. The highest BCUT2D eigenvalue weighted by Gasteiger charge is 2.06. The second kappa shape index (κ2) is 7.74. The van der Waals surface area contributed by atoms with Crippen LogP contribution < -0.4 is 9.88 Å². The van der Waals surface area contributed by atoms with Gasteiger partial charge < -0.3 is 5.32 Å². The number of hydrogen-bond acceptors (Lipinski definition) is 1. The number of anilines is 1. The molecule has 1 aromatic carbocycles. The summed E-state index contributed by atoms with van der Waals surface area (Å²) in [6.07, 6.45) is 6.15. The Morgan fingerprint density at radius 3 is 2.67 bits per heavy atom. The molecule has 2 rings (SSSR count). The number of benzene rings is 1. The molecule has 0 aliphatic rings. The number of pyridine rings is 1. The molecule has 1 aromatic heterocycles. The molecule has 0 atom stereocenters. The second-order valence-corrected chi connectivity index (χ2v) is 5.15. The van der Waals surface area contributed by atoms with Gasteiger partial charge in [0.15, 0.2) is 12.4 Å². The Hall–Kier alpha value is -1.94. The van der Waals surface area contributed by atoms with E-state index in [4.69, 9.17) is 11.6 Å². The van der Waals surface area contributed by atoms with Crippen molar-refractivity contribution in [1.82, 2.24) is 0 Å². The van der Waals surface area contributed by atoms with E-state index < -0.39 is 5.82 Å². The van der Waals surface area contributed by atoms with Crippen LogP contribution in [0.5, 0.6) is 0 Å². The zero-order chi connectivity index (χ0) is 15.1. The summed E-state index contributed by atoms with van der Waals surface area (Å²) >= 11 is 5.66. The summed E-state index contributed by atoms with van der Waals surface area (Å²) in [5.74, 6) is -0.578. The summed E-state index contributed by atoms with van der Waals surface area (Å²) in [6.45, 7) is 0.885. The van der Waals surface area contributed by atoms with Gasteiger partial charge in [-0.2, -0.15) is 0 Å². The maximum Gasteiger partial charge on any atom is 0.224 e. The molecule has 0 unspecified atom stereocenters. The number of halogens is 2. The van der Waals surface area contributed by atoms with E-state index in [1.165, 1.54) is 18.2 Å². The minimum atomic E-state index is -0.491. The molecular formula is C16H17ClFN2O+. The van der Waals surface area contributed by atoms with E-state index in [0.717, 1.165) is 19.4 Å². The molecule has 0 aliphatic heterocycles. The monoisotopic (exact) mass is 307 g/mol. The smallest absolute Gasteiger partial charge is 0.224 e. The molecule has 110 valence electrons. The fraction of sp³-hybridized carbons (Fsp3) is 0.250. The Balaban J connectivity index is 1.71. The number of rotatable bonds is 6.